The topological polar surface area (TPSA) is 12.0 Å². The van der Waals surface area contributed by atoms with E-state index in [1.807, 2.05) is 6.08 Å². The molecule has 0 saturated heterocycles. The van der Waals surface area contributed by atoms with Crippen LogP contribution in [0.5, 0.6) is 0 Å². The predicted molar refractivity (Wildman–Crippen MR) is 67.1 cm³/mol. The van der Waals surface area contributed by atoms with Gasteiger partial charge in [-0.25, -0.2) is 0 Å². The Kier molecular flexibility index (Phi) is 5.13. The number of benzene rings is 1. The molecule has 1 atom stereocenters. The average Bonchev–Trinajstić information content (AvgIpc) is 2.27. The Hall–Kier alpha value is -1.08. The van der Waals surface area contributed by atoms with Gasteiger partial charge in [-0.1, -0.05) is 43.7 Å². The maximum Gasteiger partial charge on any atom is 0.0294 e. The van der Waals surface area contributed by atoms with E-state index in [0.29, 0.717) is 6.04 Å². The molecular formula is C14H21N. The van der Waals surface area contributed by atoms with Crippen LogP contribution in [0.15, 0.2) is 36.9 Å². The van der Waals surface area contributed by atoms with Gasteiger partial charge in [-0.3, -0.25) is 0 Å². The second kappa shape index (κ2) is 6.41. The fourth-order valence-corrected chi connectivity index (χ4v) is 1.64. The van der Waals surface area contributed by atoms with Crippen molar-refractivity contribution in [1.29, 1.82) is 0 Å². The smallest absolute Gasteiger partial charge is 0.0294 e. The summed E-state index contributed by atoms with van der Waals surface area (Å²) in [7, 11) is 0. The second-order valence-corrected chi connectivity index (χ2v) is 3.91. The van der Waals surface area contributed by atoms with Gasteiger partial charge in [-0.15, -0.1) is 6.58 Å². The molecule has 0 aromatic heterocycles. The molecule has 1 N–H and O–H groups in total. The quantitative estimate of drug-likeness (QED) is 0.698. The molecular weight excluding hydrogens is 182 g/mol. The maximum absolute atomic E-state index is 3.70. The van der Waals surface area contributed by atoms with Crippen LogP contribution in [0.2, 0.25) is 0 Å². The Bertz CT molecular complexity index is 287. The summed E-state index contributed by atoms with van der Waals surface area (Å²) < 4.78 is 0. The highest BCUT2D eigenvalue weighted by Gasteiger charge is 2.02. The van der Waals surface area contributed by atoms with Crippen LogP contribution in [0.4, 0.5) is 0 Å². The predicted octanol–water partition coefficient (Wildman–Crippen LogP) is 3.48. The van der Waals surface area contributed by atoms with Gasteiger partial charge in [0.25, 0.3) is 0 Å². The first-order valence-corrected chi connectivity index (χ1v) is 5.71. The van der Waals surface area contributed by atoms with Crippen LogP contribution in [-0.4, -0.2) is 6.54 Å². The zero-order chi connectivity index (χ0) is 11.1. The summed E-state index contributed by atoms with van der Waals surface area (Å²) in [5.74, 6) is 0. The first kappa shape index (κ1) is 12.0. The molecule has 0 aliphatic rings. The van der Waals surface area contributed by atoms with Crippen LogP contribution in [-0.2, 0) is 6.42 Å². The Labute approximate surface area is 93.2 Å². The molecule has 1 rings (SSSR count). The lowest BCUT2D eigenvalue weighted by Gasteiger charge is -2.13. The van der Waals surface area contributed by atoms with E-state index in [1.165, 1.54) is 24.0 Å². The molecule has 1 aromatic rings. The maximum atomic E-state index is 3.70. The summed E-state index contributed by atoms with van der Waals surface area (Å²) in [6.07, 6.45) is 4.28. The van der Waals surface area contributed by atoms with Gasteiger partial charge in [0.1, 0.15) is 0 Å². The normalized spacial score (nSPS) is 12.4. The molecule has 1 aromatic carbocycles. The fraction of sp³-hybridized carbons (Fsp3) is 0.429. The van der Waals surface area contributed by atoms with E-state index in [2.05, 4.69) is 50.0 Å². The lowest BCUT2D eigenvalue weighted by molar-refractivity contribution is 0.617. The summed E-state index contributed by atoms with van der Waals surface area (Å²) in [6.45, 7) is 8.95. The van der Waals surface area contributed by atoms with Crippen LogP contribution in [0, 0.1) is 0 Å². The van der Waals surface area contributed by atoms with Gasteiger partial charge in [-0.05, 0) is 24.5 Å². The Morgan fingerprint density at radius 3 is 2.53 bits per heavy atom. The molecule has 0 bridgehead atoms. The molecule has 0 fully saturated rings. The summed E-state index contributed by atoms with van der Waals surface area (Å²) in [6, 6.07) is 9.28. The minimum Gasteiger partial charge on any atom is -0.307 e. The Balaban J connectivity index is 2.58. The number of rotatable bonds is 6. The van der Waals surface area contributed by atoms with Gasteiger partial charge >= 0.3 is 0 Å². The van der Waals surface area contributed by atoms with E-state index in [9.17, 15) is 0 Å². The van der Waals surface area contributed by atoms with Gasteiger partial charge in [0.2, 0.25) is 0 Å². The van der Waals surface area contributed by atoms with Crippen molar-refractivity contribution in [3.05, 3.63) is 48.0 Å². The number of hydrogen-bond donors (Lipinski definition) is 1. The highest BCUT2D eigenvalue weighted by atomic mass is 14.9. The average molecular weight is 203 g/mol. The zero-order valence-electron chi connectivity index (χ0n) is 9.79. The minimum atomic E-state index is 0.402. The van der Waals surface area contributed by atoms with Crippen LogP contribution in [0.25, 0.3) is 0 Å². The van der Waals surface area contributed by atoms with Crippen molar-refractivity contribution < 1.29 is 0 Å². The first-order valence-electron chi connectivity index (χ1n) is 5.71. The molecule has 1 heteroatoms. The lowest BCUT2D eigenvalue weighted by atomic mass is 10.0. The zero-order valence-corrected chi connectivity index (χ0v) is 9.79. The standard InChI is InChI=1S/C14H21N/c1-4-6-13-7-9-14(10-8-13)12(3)15-11-5-2/h5,7-10,12,15H,2,4,6,11H2,1,3H3. The van der Waals surface area contributed by atoms with Crippen molar-refractivity contribution in [2.24, 2.45) is 0 Å². The third-order valence-corrected chi connectivity index (χ3v) is 2.59. The van der Waals surface area contributed by atoms with Crippen molar-refractivity contribution in [3.8, 4) is 0 Å². The van der Waals surface area contributed by atoms with Gasteiger partial charge in [-0.2, -0.15) is 0 Å². The summed E-state index contributed by atoms with van der Waals surface area (Å²) >= 11 is 0. The molecule has 0 aliphatic heterocycles. The third-order valence-electron chi connectivity index (χ3n) is 2.59. The van der Waals surface area contributed by atoms with Crippen molar-refractivity contribution in [2.45, 2.75) is 32.7 Å². The monoisotopic (exact) mass is 203 g/mol. The van der Waals surface area contributed by atoms with E-state index < -0.39 is 0 Å². The largest absolute Gasteiger partial charge is 0.307 e. The second-order valence-electron chi connectivity index (χ2n) is 3.91. The number of aryl methyl sites for hydroxylation is 1. The van der Waals surface area contributed by atoms with Crippen molar-refractivity contribution >= 4 is 0 Å². The molecule has 0 radical (unpaired) electrons. The molecule has 1 unspecified atom stereocenters. The highest BCUT2D eigenvalue weighted by Crippen LogP contribution is 2.13. The highest BCUT2D eigenvalue weighted by molar-refractivity contribution is 5.24. The third kappa shape index (κ3) is 3.88. The van der Waals surface area contributed by atoms with Crippen LogP contribution < -0.4 is 5.32 Å². The molecule has 0 spiro atoms. The van der Waals surface area contributed by atoms with E-state index in [0.717, 1.165) is 6.54 Å². The molecule has 82 valence electrons. The van der Waals surface area contributed by atoms with Crippen molar-refractivity contribution in [1.82, 2.24) is 5.32 Å². The molecule has 0 heterocycles. The van der Waals surface area contributed by atoms with Crippen LogP contribution in [0.3, 0.4) is 0 Å². The lowest BCUT2D eigenvalue weighted by Crippen LogP contribution is -2.18. The van der Waals surface area contributed by atoms with Gasteiger partial charge in [0.05, 0.1) is 0 Å². The van der Waals surface area contributed by atoms with E-state index in [4.69, 9.17) is 0 Å². The summed E-state index contributed by atoms with van der Waals surface area (Å²) in [4.78, 5) is 0. The minimum absolute atomic E-state index is 0.402. The van der Waals surface area contributed by atoms with Crippen LogP contribution in [0.1, 0.15) is 37.4 Å². The summed E-state index contributed by atoms with van der Waals surface area (Å²) in [5.41, 5.74) is 2.77. The molecule has 1 nitrogen and oxygen atoms in total. The molecule has 0 amide bonds. The van der Waals surface area contributed by atoms with Crippen molar-refractivity contribution in [2.75, 3.05) is 6.54 Å². The number of nitrogens with one attached hydrogen (secondary N) is 1. The molecule has 0 aliphatic carbocycles. The van der Waals surface area contributed by atoms with Crippen molar-refractivity contribution in [3.63, 3.8) is 0 Å². The van der Waals surface area contributed by atoms with E-state index in [-0.39, 0.29) is 0 Å². The van der Waals surface area contributed by atoms with E-state index in [1.54, 1.807) is 0 Å². The molecule has 15 heavy (non-hydrogen) atoms. The SMILES string of the molecule is C=CCNC(C)c1ccc(CCC)cc1. The van der Waals surface area contributed by atoms with Crippen LogP contribution >= 0.6 is 0 Å². The van der Waals surface area contributed by atoms with Gasteiger partial charge < -0.3 is 5.32 Å². The Morgan fingerprint density at radius 1 is 1.33 bits per heavy atom. The Morgan fingerprint density at radius 2 is 2.00 bits per heavy atom. The van der Waals surface area contributed by atoms with Gasteiger partial charge in [0, 0.05) is 12.6 Å². The number of hydrogen-bond acceptors (Lipinski definition) is 1. The molecule has 0 saturated carbocycles. The summed E-state index contributed by atoms with van der Waals surface area (Å²) in [5, 5.41) is 3.38. The van der Waals surface area contributed by atoms with E-state index >= 15 is 0 Å². The fourth-order valence-electron chi connectivity index (χ4n) is 1.64. The first-order chi connectivity index (χ1) is 7.27. The van der Waals surface area contributed by atoms with Gasteiger partial charge in [0.15, 0.2) is 0 Å².